The molecule has 0 saturated carbocycles. The first-order chi connectivity index (χ1) is 8.83. The molecule has 1 atom stereocenters. The number of carbonyl (C=O) groups is 2. The van der Waals surface area contributed by atoms with Gasteiger partial charge in [-0.15, -0.1) is 0 Å². The molecule has 4 heteroatoms. The minimum atomic E-state index is -0.838. The van der Waals surface area contributed by atoms with Crippen molar-refractivity contribution in [2.75, 3.05) is 7.11 Å². The molecular weight excluding hydrogens is 244 g/mol. The zero-order valence-electron chi connectivity index (χ0n) is 12.0. The fourth-order valence-electron chi connectivity index (χ4n) is 1.57. The lowest BCUT2D eigenvalue weighted by molar-refractivity contribution is -0.138. The zero-order valence-corrected chi connectivity index (χ0v) is 12.0. The summed E-state index contributed by atoms with van der Waals surface area (Å²) in [6.45, 7) is 9.18. The van der Waals surface area contributed by atoms with Crippen LogP contribution in [-0.4, -0.2) is 24.2 Å². The van der Waals surface area contributed by atoms with Gasteiger partial charge in [-0.2, -0.15) is 0 Å². The van der Waals surface area contributed by atoms with Gasteiger partial charge >= 0.3 is 11.9 Å². The Morgan fingerprint density at radius 3 is 2.37 bits per heavy atom. The van der Waals surface area contributed by atoms with Gasteiger partial charge in [0, 0.05) is 6.42 Å². The topological polar surface area (TPSA) is 63.6 Å². The number of carbonyl (C=O) groups excluding carboxylic acids is 1. The van der Waals surface area contributed by atoms with Crippen molar-refractivity contribution in [3.8, 4) is 0 Å². The number of esters is 1. The van der Waals surface area contributed by atoms with E-state index in [0.29, 0.717) is 12.0 Å². The molecule has 0 aromatic carbocycles. The molecule has 0 saturated heterocycles. The Morgan fingerprint density at radius 2 is 1.95 bits per heavy atom. The molecule has 0 aliphatic rings. The zero-order chi connectivity index (χ0) is 15.0. The normalized spacial score (nSPS) is 14.4. The van der Waals surface area contributed by atoms with E-state index in [4.69, 9.17) is 9.84 Å². The van der Waals surface area contributed by atoms with Crippen molar-refractivity contribution < 1.29 is 19.4 Å². The summed E-state index contributed by atoms with van der Waals surface area (Å²) in [6.07, 6.45) is 4.00. The van der Waals surface area contributed by atoms with Crippen LogP contribution in [-0.2, 0) is 14.3 Å². The van der Waals surface area contributed by atoms with Gasteiger partial charge in [0.15, 0.2) is 0 Å². The Morgan fingerprint density at radius 1 is 1.37 bits per heavy atom. The highest BCUT2D eigenvalue weighted by atomic mass is 16.5. The van der Waals surface area contributed by atoms with E-state index in [9.17, 15) is 9.59 Å². The quantitative estimate of drug-likeness (QED) is 0.437. The van der Waals surface area contributed by atoms with E-state index in [1.807, 2.05) is 20.8 Å². The van der Waals surface area contributed by atoms with Crippen LogP contribution >= 0.6 is 0 Å². The molecule has 0 aliphatic carbocycles. The number of hydrogen-bond donors (Lipinski definition) is 1. The third-order valence-corrected chi connectivity index (χ3v) is 2.95. The molecule has 0 aromatic rings. The van der Waals surface area contributed by atoms with Crippen LogP contribution in [0.1, 0.15) is 33.6 Å². The maximum absolute atomic E-state index is 11.7. The van der Waals surface area contributed by atoms with Crippen LogP contribution < -0.4 is 0 Å². The van der Waals surface area contributed by atoms with Crippen molar-refractivity contribution in [3.05, 3.63) is 35.5 Å². The molecule has 1 N–H and O–H groups in total. The van der Waals surface area contributed by atoms with Crippen LogP contribution in [0, 0.1) is 5.92 Å². The molecule has 0 bridgehead atoms. The number of methoxy groups -OCH3 is 1. The van der Waals surface area contributed by atoms with Gasteiger partial charge in [0.1, 0.15) is 0 Å². The molecule has 0 heterocycles. The van der Waals surface area contributed by atoms with E-state index < -0.39 is 11.9 Å². The van der Waals surface area contributed by atoms with Crippen molar-refractivity contribution in [1.82, 2.24) is 0 Å². The minimum Gasteiger partial charge on any atom is -0.481 e. The van der Waals surface area contributed by atoms with Gasteiger partial charge in [-0.25, -0.2) is 4.79 Å². The molecule has 0 spiro atoms. The molecule has 0 rings (SSSR count). The number of rotatable bonds is 7. The lowest BCUT2D eigenvalue weighted by atomic mass is 9.97. The third kappa shape index (κ3) is 6.04. The van der Waals surface area contributed by atoms with Gasteiger partial charge in [0.2, 0.25) is 0 Å². The maximum Gasteiger partial charge on any atom is 0.337 e. The van der Waals surface area contributed by atoms with Crippen molar-refractivity contribution in [2.24, 2.45) is 5.92 Å². The lowest BCUT2D eigenvalue weighted by Gasteiger charge is -2.10. The Hall–Kier alpha value is -1.84. The fourth-order valence-corrected chi connectivity index (χ4v) is 1.57. The summed E-state index contributed by atoms with van der Waals surface area (Å²) in [6, 6.07) is 0. The summed E-state index contributed by atoms with van der Waals surface area (Å²) in [5, 5.41) is 8.71. The first-order valence-electron chi connectivity index (χ1n) is 6.14. The first-order valence-corrected chi connectivity index (χ1v) is 6.14. The predicted octanol–water partition coefficient (Wildman–Crippen LogP) is 3.11. The van der Waals surface area contributed by atoms with Gasteiger partial charge in [0.25, 0.3) is 0 Å². The molecule has 0 fully saturated rings. The SMILES string of the molecule is C=CC(C)=C(C)C(=CCC(C)CC(=O)O)C(=O)OC. The molecule has 0 aliphatic heterocycles. The Labute approximate surface area is 114 Å². The number of hydrogen-bond acceptors (Lipinski definition) is 3. The highest BCUT2D eigenvalue weighted by Crippen LogP contribution is 2.19. The van der Waals surface area contributed by atoms with Gasteiger partial charge in [-0.1, -0.05) is 25.7 Å². The number of ether oxygens (including phenoxy) is 1. The average molecular weight is 266 g/mol. The molecule has 106 valence electrons. The summed E-state index contributed by atoms with van der Waals surface area (Å²) < 4.78 is 4.75. The summed E-state index contributed by atoms with van der Waals surface area (Å²) in [5.41, 5.74) is 2.16. The largest absolute Gasteiger partial charge is 0.481 e. The smallest absolute Gasteiger partial charge is 0.337 e. The summed E-state index contributed by atoms with van der Waals surface area (Å²) in [5.74, 6) is -1.29. The Kier molecular flexibility index (Phi) is 7.49. The molecule has 19 heavy (non-hydrogen) atoms. The van der Waals surface area contributed by atoms with Crippen LogP contribution in [0.2, 0.25) is 0 Å². The van der Waals surface area contributed by atoms with E-state index in [-0.39, 0.29) is 12.3 Å². The fraction of sp³-hybridized carbons (Fsp3) is 0.467. The maximum atomic E-state index is 11.7. The number of carboxylic acids is 1. The highest BCUT2D eigenvalue weighted by Gasteiger charge is 2.14. The number of allylic oxidation sites excluding steroid dienone is 3. The molecular formula is C15H22O4. The lowest BCUT2D eigenvalue weighted by Crippen LogP contribution is -2.09. The molecule has 4 nitrogen and oxygen atoms in total. The minimum absolute atomic E-state index is 0.0333. The molecule has 0 radical (unpaired) electrons. The van der Waals surface area contributed by atoms with E-state index in [0.717, 1.165) is 11.1 Å². The van der Waals surface area contributed by atoms with Crippen LogP contribution in [0.5, 0.6) is 0 Å². The third-order valence-electron chi connectivity index (χ3n) is 2.95. The van der Waals surface area contributed by atoms with E-state index >= 15 is 0 Å². The van der Waals surface area contributed by atoms with Crippen LogP contribution in [0.15, 0.2) is 35.5 Å². The first kappa shape index (κ1) is 17.2. The van der Waals surface area contributed by atoms with Gasteiger partial charge < -0.3 is 9.84 Å². The van der Waals surface area contributed by atoms with Crippen LogP contribution in [0.3, 0.4) is 0 Å². The number of aliphatic carboxylic acids is 1. The van der Waals surface area contributed by atoms with Crippen molar-refractivity contribution in [1.29, 1.82) is 0 Å². The van der Waals surface area contributed by atoms with E-state index in [1.165, 1.54) is 7.11 Å². The van der Waals surface area contributed by atoms with Gasteiger partial charge in [-0.3, -0.25) is 4.79 Å². The second-order valence-corrected chi connectivity index (χ2v) is 4.56. The standard InChI is InChI=1S/C15H22O4/c1-6-11(3)12(4)13(15(18)19-5)8-7-10(2)9-14(16)17/h6,8,10H,1,7,9H2,2-5H3,(H,16,17). The summed E-state index contributed by atoms with van der Waals surface area (Å²) in [4.78, 5) is 22.3. The monoisotopic (exact) mass is 266 g/mol. The van der Waals surface area contributed by atoms with Crippen molar-refractivity contribution >= 4 is 11.9 Å². The van der Waals surface area contributed by atoms with E-state index in [1.54, 1.807) is 12.2 Å². The van der Waals surface area contributed by atoms with Gasteiger partial charge in [-0.05, 0) is 37.3 Å². The second-order valence-electron chi connectivity index (χ2n) is 4.56. The number of carboxylic acid groups (broad SMARTS) is 1. The average Bonchev–Trinajstić information content (AvgIpc) is 2.36. The molecule has 1 unspecified atom stereocenters. The Bertz CT molecular complexity index is 416. The van der Waals surface area contributed by atoms with Crippen molar-refractivity contribution in [2.45, 2.75) is 33.6 Å². The second kappa shape index (κ2) is 8.29. The Balaban J connectivity index is 5.12. The molecule has 0 aromatic heterocycles. The summed E-state index contributed by atoms with van der Waals surface area (Å²) >= 11 is 0. The predicted molar refractivity (Wildman–Crippen MR) is 74.7 cm³/mol. The molecule has 0 amide bonds. The van der Waals surface area contributed by atoms with Crippen LogP contribution in [0.4, 0.5) is 0 Å². The van der Waals surface area contributed by atoms with Crippen LogP contribution in [0.25, 0.3) is 0 Å². The highest BCUT2D eigenvalue weighted by molar-refractivity contribution is 5.93. The van der Waals surface area contributed by atoms with E-state index in [2.05, 4.69) is 6.58 Å². The van der Waals surface area contributed by atoms with Crippen molar-refractivity contribution in [3.63, 3.8) is 0 Å². The van der Waals surface area contributed by atoms with Gasteiger partial charge in [0.05, 0.1) is 12.7 Å². The summed E-state index contributed by atoms with van der Waals surface area (Å²) in [7, 11) is 1.33.